The average molecular weight is 540 g/mol. The SMILES string of the molecule is COc1ccc(CN=C(NCc2nnc(C)n2C)NCC(C)c2ccsc2)cc1.I. The molecule has 9 heteroatoms. The van der Waals surface area contributed by atoms with Crippen molar-refractivity contribution in [3.05, 3.63) is 63.9 Å². The molecule has 0 radical (unpaired) electrons. The molecular formula is C21H29IN6OS. The minimum Gasteiger partial charge on any atom is -0.497 e. The van der Waals surface area contributed by atoms with Gasteiger partial charge in [-0.2, -0.15) is 11.3 Å². The first-order valence-electron chi connectivity index (χ1n) is 9.59. The number of aryl methyl sites for hydroxylation is 1. The summed E-state index contributed by atoms with van der Waals surface area (Å²) in [7, 11) is 3.63. The summed E-state index contributed by atoms with van der Waals surface area (Å²) in [4.78, 5) is 4.75. The van der Waals surface area contributed by atoms with Crippen LogP contribution in [-0.4, -0.2) is 34.4 Å². The van der Waals surface area contributed by atoms with Crippen LogP contribution in [0.3, 0.4) is 0 Å². The minimum absolute atomic E-state index is 0. The second kappa shape index (κ2) is 11.9. The van der Waals surface area contributed by atoms with E-state index >= 15 is 0 Å². The Labute approximate surface area is 199 Å². The molecule has 0 amide bonds. The molecule has 0 bridgehead atoms. The van der Waals surface area contributed by atoms with Gasteiger partial charge in [-0.15, -0.1) is 34.2 Å². The van der Waals surface area contributed by atoms with Crippen molar-refractivity contribution >= 4 is 41.3 Å². The van der Waals surface area contributed by atoms with Crippen molar-refractivity contribution in [1.82, 2.24) is 25.4 Å². The zero-order valence-corrected chi connectivity index (χ0v) is 20.9. The van der Waals surface area contributed by atoms with E-state index < -0.39 is 0 Å². The molecule has 1 atom stereocenters. The average Bonchev–Trinajstić information content (AvgIpc) is 3.39. The van der Waals surface area contributed by atoms with E-state index in [2.05, 4.69) is 44.6 Å². The Balaban J connectivity index is 0.00000320. The van der Waals surface area contributed by atoms with Crippen molar-refractivity contribution in [3.63, 3.8) is 0 Å². The Morgan fingerprint density at radius 3 is 2.57 bits per heavy atom. The van der Waals surface area contributed by atoms with Gasteiger partial charge in [0.05, 0.1) is 20.2 Å². The van der Waals surface area contributed by atoms with Gasteiger partial charge in [-0.1, -0.05) is 19.1 Å². The molecular weight excluding hydrogens is 511 g/mol. The van der Waals surface area contributed by atoms with Gasteiger partial charge in [0.25, 0.3) is 0 Å². The van der Waals surface area contributed by atoms with E-state index in [9.17, 15) is 0 Å². The molecule has 1 unspecified atom stereocenters. The molecule has 0 aliphatic carbocycles. The molecule has 0 aliphatic heterocycles. The van der Waals surface area contributed by atoms with Crippen molar-refractivity contribution in [3.8, 4) is 5.75 Å². The molecule has 2 N–H and O–H groups in total. The summed E-state index contributed by atoms with van der Waals surface area (Å²) in [5, 5.41) is 19.5. The van der Waals surface area contributed by atoms with Crippen LogP contribution in [0, 0.1) is 6.92 Å². The van der Waals surface area contributed by atoms with E-state index in [4.69, 9.17) is 9.73 Å². The Kier molecular flexibility index (Phi) is 9.57. The lowest BCUT2D eigenvalue weighted by molar-refractivity contribution is 0.414. The highest BCUT2D eigenvalue weighted by Gasteiger charge is 2.09. The maximum absolute atomic E-state index is 5.22. The fraction of sp³-hybridized carbons (Fsp3) is 0.381. The number of guanidine groups is 1. The lowest BCUT2D eigenvalue weighted by Gasteiger charge is -2.16. The molecule has 3 rings (SSSR count). The van der Waals surface area contributed by atoms with Crippen LogP contribution in [0.25, 0.3) is 0 Å². The number of nitrogens with zero attached hydrogens (tertiary/aromatic N) is 4. The summed E-state index contributed by atoms with van der Waals surface area (Å²) in [6, 6.07) is 10.1. The topological polar surface area (TPSA) is 76.4 Å². The largest absolute Gasteiger partial charge is 0.497 e. The number of hydrogen-bond donors (Lipinski definition) is 2. The Hall–Kier alpha value is -2.14. The van der Waals surface area contributed by atoms with Crippen LogP contribution in [0.15, 0.2) is 46.1 Å². The first-order valence-corrected chi connectivity index (χ1v) is 10.5. The predicted octanol–water partition coefficient (Wildman–Crippen LogP) is 3.85. The Bertz CT molecular complexity index is 924. The minimum atomic E-state index is 0. The fourth-order valence-corrected chi connectivity index (χ4v) is 3.55. The number of rotatable bonds is 8. The number of hydrogen-bond acceptors (Lipinski definition) is 5. The molecule has 0 saturated heterocycles. The third kappa shape index (κ3) is 6.69. The van der Waals surface area contributed by atoms with Gasteiger partial charge >= 0.3 is 0 Å². The van der Waals surface area contributed by atoms with E-state index in [-0.39, 0.29) is 24.0 Å². The quantitative estimate of drug-likeness (QED) is 0.258. The summed E-state index contributed by atoms with van der Waals surface area (Å²) >= 11 is 1.72. The van der Waals surface area contributed by atoms with E-state index in [1.54, 1.807) is 18.4 Å². The first kappa shape index (κ1) is 24.1. The maximum Gasteiger partial charge on any atom is 0.191 e. The lowest BCUT2D eigenvalue weighted by Crippen LogP contribution is -2.39. The zero-order chi connectivity index (χ0) is 20.6. The molecule has 0 saturated carbocycles. The molecule has 30 heavy (non-hydrogen) atoms. The smallest absolute Gasteiger partial charge is 0.191 e. The fourth-order valence-electron chi connectivity index (χ4n) is 2.77. The number of ether oxygens (including phenoxy) is 1. The number of benzene rings is 1. The zero-order valence-electron chi connectivity index (χ0n) is 17.8. The van der Waals surface area contributed by atoms with Gasteiger partial charge in [-0.05, 0) is 52.9 Å². The Morgan fingerprint density at radius 1 is 1.20 bits per heavy atom. The molecule has 2 heterocycles. The molecule has 1 aromatic carbocycles. The normalized spacial score (nSPS) is 12.2. The van der Waals surface area contributed by atoms with Crippen molar-refractivity contribution in [2.75, 3.05) is 13.7 Å². The van der Waals surface area contributed by atoms with Gasteiger partial charge in [-0.3, -0.25) is 0 Å². The summed E-state index contributed by atoms with van der Waals surface area (Å²) in [6.07, 6.45) is 0. The molecule has 0 spiro atoms. The van der Waals surface area contributed by atoms with E-state index in [0.717, 1.165) is 35.5 Å². The molecule has 7 nitrogen and oxygen atoms in total. The van der Waals surface area contributed by atoms with Gasteiger partial charge in [0, 0.05) is 13.6 Å². The number of halogens is 1. The molecule has 0 aliphatic rings. The maximum atomic E-state index is 5.22. The predicted molar refractivity (Wildman–Crippen MR) is 133 cm³/mol. The van der Waals surface area contributed by atoms with Crippen LogP contribution in [0.1, 0.15) is 35.6 Å². The number of methoxy groups -OCH3 is 1. The second-order valence-corrected chi connectivity index (χ2v) is 7.71. The van der Waals surface area contributed by atoms with Crippen LogP contribution in [-0.2, 0) is 20.1 Å². The number of aliphatic imine (C=N–C) groups is 1. The standard InChI is InChI=1S/C21H28N6OS.HI/c1-15(18-9-10-29-14-18)11-22-21(24-13-20-26-25-16(2)27(20)3)23-12-17-5-7-19(28-4)8-6-17;/h5-10,14-15H,11-13H2,1-4H3,(H2,22,23,24);1H. The highest BCUT2D eigenvalue weighted by atomic mass is 127. The number of nitrogens with one attached hydrogen (secondary N) is 2. The van der Waals surface area contributed by atoms with Crippen molar-refractivity contribution < 1.29 is 4.74 Å². The van der Waals surface area contributed by atoms with Gasteiger partial charge in [0.15, 0.2) is 11.8 Å². The van der Waals surface area contributed by atoms with Crippen LogP contribution < -0.4 is 15.4 Å². The van der Waals surface area contributed by atoms with Gasteiger partial charge in [-0.25, -0.2) is 4.99 Å². The van der Waals surface area contributed by atoms with Crippen LogP contribution in [0.5, 0.6) is 5.75 Å². The van der Waals surface area contributed by atoms with Crippen molar-refractivity contribution in [1.29, 1.82) is 0 Å². The van der Waals surface area contributed by atoms with Crippen LogP contribution in [0.2, 0.25) is 0 Å². The van der Waals surface area contributed by atoms with Crippen LogP contribution in [0.4, 0.5) is 0 Å². The highest BCUT2D eigenvalue weighted by molar-refractivity contribution is 14.0. The lowest BCUT2D eigenvalue weighted by atomic mass is 10.1. The van der Waals surface area contributed by atoms with Gasteiger partial charge in [0.1, 0.15) is 11.6 Å². The van der Waals surface area contributed by atoms with Gasteiger partial charge in [0.2, 0.25) is 0 Å². The van der Waals surface area contributed by atoms with Gasteiger partial charge < -0.3 is 19.9 Å². The summed E-state index contributed by atoms with van der Waals surface area (Å²) in [5.41, 5.74) is 2.45. The van der Waals surface area contributed by atoms with E-state index in [0.29, 0.717) is 19.0 Å². The van der Waals surface area contributed by atoms with Crippen molar-refractivity contribution in [2.45, 2.75) is 32.9 Å². The highest BCUT2D eigenvalue weighted by Crippen LogP contribution is 2.17. The summed E-state index contributed by atoms with van der Waals surface area (Å²) < 4.78 is 7.20. The van der Waals surface area contributed by atoms with Crippen LogP contribution >= 0.6 is 35.3 Å². The van der Waals surface area contributed by atoms with E-state index in [1.807, 2.05) is 42.8 Å². The third-order valence-electron chi connectivity index (χ3n) is 4.86. The Morgan fingerprint density at radius 2 is 1.97 bits per heavy atom. The van der Waals surface area contributed by atoms with Crippen molar-refractivity contribution in [2.24, 2.45) is 12.0 Å². The number of thiophene rings is 1. The summed E-state index contributed by atoms with van der Waals surface area (Å²) in [5.74, 6) is 3.75. The molecule has 2 aromatic heterocycles. The molecule has 162 valence electrons. The first-order chi connectivity index (χ1) is 14.1. The third-order valence-corrected chi connectivity index (χ3v) is 5.56. The number of aromatic nitrogens is 3. The summed E-state index contributed by atoms with van der Waals surface area (Å²) in [6.45, 7) is 6.07. The second-order valence-electron chi connectivity index (χ2n) is 6.93. The molecule has 0 fully saturated rings. The monoisotopic (exact) mass is 540 g/mol. The molecule has 3 aromatic rings. The van der Waals surface area contributed by atoms with E-state index in [1.165, 1.54) is 5.56 Å².